The summed E-state index contributed by atoms with van der Waals surface area (Å²) in [6.07, 6.45) is 1.56. The van der Waals surface area contributed by atoms with Crippen LogP contribution in [0.3, 0.4) is 0 Å². The van der Waals surface area contributed by atoms with Gasteiger partial charge in [-0.05, 0) is 29.3 Å². The first kappa shape index (κ1) is 12.0. The number of carbonyl (C=O) groups excluding carboxylic acids is 2. The molecular formula is C15H12O3. The third-order valence-corrected chi connectivity index (χ3v) is 2.71. The fourth-order valence-corrected chi connectivity index (χ4v) is 1.80. The predicted octanol–water partition coefficient (Wildman–Crippen LogP) is 2.99. The van der Waals surface area contributed by atoms with Gasteiger partial charge in [0.05, 0.1) is 12.7 Å². The lowest BCUT2D eigenvalue weighted by atomic mass is 10.0. The minimum Gasteiger partial charge on any atom is -0.496 e. The summed E-state index contributed by atoms with van der Waals surface area (Å²) in [7, 11) is 1.52. The van der Waals surface area contributed by atoms with Gasteiger partial charge in [0.15, 0.2) is 6.29 Å². The van der Waals surface area contributed by atoms with E-state index in [1.807, 2.05) is 18.2 Å². The van der Waals surface area contributed by atoms with Gasteiger partial charge in [0.1, 0.15) is 12.0 Å². The van der Waals surface area contributed by atoms with Gasteiger partial charge in [-0.1, -0.05) is 24.3 Å². The Morgan fingerprint density at radius 2 is 1.72 bits per heavy atom. The van der Waals surface area contributed by atoms with Gasteiger partial charge in [0.2, 0.25) is 0 Å². The zero-order valence-electron chi connectivity index (χ0n) is 9.92. The number of rotatable bonds is 4. The van der Waals surface area contributed by atoms with Crippen molar-refractivity contribution in [1.82, 2.24) is 0 Å². The van der Waals surface area contributed by atoms with E-state index in [2.05, 4.69) is 0 Å². The van der Waals surface area contributed by atoms with Gasteiger partial charge in [-0.15, -0.1) is 0 Å². The lowest BCUT2D eigenvalue weighted by Gasteiger charge is -2.07. The molecule has 0 atom stereocenters. The van der Waals surface area contributed by atoms with Crippen LogP contribution in [0.2, 0.25) is 0 Å². The number of ether oxygens (including phenoxy) is 1. The number of hydrogen-bond donors (Lipinski definition) is 0. The van der Waals surface area contributed by atoms with Gasteiger partial charge < -0.3 is 4.74 Å². The first-order valence-electron chi connectivity index (χ1n) is 5.47. The van der Waals surface area contributed by atoms with E-state index < -0.39 is 0 Å². The molecule has 0 saturated carbocycles. The van der Waals surface area contributed by atoms with Crippen LogP contribution in [-0.2, 0) is 0 Å². The number of hydrogen-bond acceptors (Lipinski definition) is 3. The minimum atomic E-state index is 0.492. The fraction of sp³-hybridized carbons (Fsp3) is 0.0667. The maximum atomic E-state index is 11.0. The van der Waals surface area contributed by atoms with E-state index in [-0.39, 0.29) is 0 Å². The van der Waals surface area contributed by atoms with Gasteiger partial charge in [0.25, 0.3) is 0 Å². The van der Waals surface area contributed by atoms with Crippen molar-refractivity contribution in [3.05, 3.63) is 53.6 Å². The molecule has 0 saturated heterocycles. The largest absolute Gasteiger partial charge is 0.496 e. The topological polar surface area (TPSA) is 43.4 Å². The lowest BCUT2D eigenvalue weighted by molar-refractivity contribution is 0.111. The third kappa shape index (κ3) is 2.30. The highest BCUT2D eigenvalue weighted by atomic mass is 16.5. The standard InChI is InChI=1S/C15H12O3/c1-18-15-6-5-13(8-14(15)10-17)12-4-2-3-11(7-12)9-16/h2-10H,1H3. The van der Waals surface area contributed by atoms with Crippen LogP contribution >= 0.6 is 0 Å². The number of methoxy groups -OCH3 is 1. The summed E-state index contributed by atoms with van der Waals surface area (Å²) in [4.78, 5) is 21.7. The molecule has 0 fully saturated rings. The highest BCUT2D eigenvalue weighted by Crippen LogP contribution is 2.26. The molecule has 0 radical (unpaired) electrons. The molecule has 90 valence electrons. The van der Waals surface area contributed by atoms with E-state index in [4.69, 9.17) is 4.74 Å². The van der Waals surface area contributed by atoms with Crippen molar-refractivity contribution in [2.24, 2.45) is 0 Å². The molecule has 0 spiro atoms. The second-order valence-corrected chi connectivity index (χ2v) is 3.82. The summed E-state index contributed by atoms with van der Waals surface area (Å²) in [5, 5.41) is 0. The number of aldehydes is 2. The van der Waals surface area contributed by atoms with Crippen LogP contribution in [0.1, 0.15) is 20.7 Å². The maximum Gasteiger partial charge on any atom is 0.153 e. The number of carbonyl (C=O) groups is 2. The summed E-state index contributed by atoms with van der Waals surface area (Å²) in [5.74, 6) is 0.542. The minimum absolute atomic E-state index is 0.492. The van der Waals surface area contributed by atoms with Crippen molar-refractivity contribution in [2.45, 2.75) is 0 Å². The molecule has 0 aliphatic heterocycles. The van der Waals surface area contributed by atoms with Crippen LogP contribution in [0.5, 0.6) is 5.75 Å². The maximum absolute atomic E-state index is 11.0. The average molecular weight is 240 g/mol. The van der Waals surface area contributed by atoms with Crippen molar-refractivity contribution >= 4 is 12.6 Å². The summed E-state index contributed by atoms with van der Waals surface area (Å²) >= 11 is 0. The van der Waals surface area contributed by atoms with Crippen LogP contribution in [0.25, 0.3) is 11.1 Å². The second kappa shape index (κ2) is 5.27. The molecule has 18 heavy (non-hydrogen) atoms. The smallest absolute Gasteiger partial charge is 0.153 e. The van der Waals surface area contributed by atoms with Crippen LogP contribution in [0, 0.1) is 0 Å². The van der Waals surface area contributed by atoms with Crippen molar-refractivity contribution in [3.8, 4) is 16.9 Å². The van der Waals surface area contributed by atoms with Gasteiger partial charge in [-0.25, -0.2) is 0 Å². The molecule has 0 aromatic heterocycles. The zero-order chi connectivity index (χ0) is 13.0. The summed E-state index contributed by atoms with van der Waals surface area (Å²) < 4.78 is 5.08. The molecule has 2 aromatic carbocycles. The molecular weight excluding hydrogens is 228 g/mol. The molecule has 3 nitrogen and oxygen atoms in total. The summed E-state index contributed by atoms with van der Waals surface area (Å²) in [5.41, 5.74) is 2.87. The first-order valence-corrected chi connectivity index (χ1v) is 5.47. The molecule has 0 bridgehead atoms. The Morgan fingerprint density at radius 3 is 2.39 bits per heavy atom. The Balaban J connectivity index is 2.50. The SMILES string of the molecule is COc1ccc(-c2cccc(C=O)c2)cc1C=O. The highest BCUT2D eigenvalue weighted by molar-refractivity contribution is 5.84. The van der Waals surface area contributed by atoms with Crippen LogP contribution in [-0.4, -0.2) is 19.7 Å². The van der Waals surface area contributed by atoms with Crippen LogP contribution in [0.4, 0.5) is 0 Å². The molecule has 0 aliphatic rings. The monoisotopic (exact) mass is 240 g/mol. The van der Waals surface area contributed by atoms with E-state index in [1.165, 1.54) is 7.11 Å². The molecule has 0 unspecified atom stereocenters. The normalized spacial score (nSPS) is 9.83. The third-order valence-electron chi connectivity index (χ3n) is 2.71. The fourth-order valence-electron chi connectivity index (χ4n) is 1.80. The van der Waals surface area contributed by atoms with E-state index >= 15 is 0 Å². The Labute approximate surface area is 105 Å². The second-order valence-electron chi connectivity index (χ2n) is 3.82. The molecule has 0 heterocycles. The van der Waals surface area contributed by atoms with E-state index in [9.17, 15) is 9.59 Å². The molecule has 0 N–H and O–H groups in total. The molecule has 0 aliphatic carbocycles. The van der Waals surface area contributed by atoms with Crippen molar-refractivity contribution in [3.63, 3.8) is 0 Å². The Kier molecular flexibility index (Phi) is 3.53. The number of benzene rings is 2. The highest BCUT2D eigenvalue weighted by Gasteiger charge is 2.05. The van der Waals surface area contributed by atoms with Crippen molar-refractivity contribution < 1.29 is 14.3 Å². The quantitative estimate of drug-likeness (QED) is 0.771. The van der Waals surface area contributed by atoms with E-state index in [1.54, 1.807) is 24.3 Å². The van der Waals surface area contributed by atoms with Gasteiger partial charge >= 0.3 is 0 Å². The summed E-state index contributed by atoms with van der Waals surface area (Å²) in [6.45, 7) is 0. The van der Waals surface area contributed by atoms with E-state index in [0.717, 1.165) is 23.7 Å². The molecule has 3 heteroatoms. The van der Waals surface area contributed by atoms with Crippen molar-refractivity contribution in [2.75, 3.05) is 7.11 Å². The lowest BCUT2D eigenvalue weighted by Crippen LogP contribution is -1.91. The average Bonchev–Trinajstić information content (AvgIpc) is 2.46. The van der Waals surface area contributed by atoms with Gasteiger partial charge in [0, 0.05) is 5.56 Å². The van der Waals surface area contributed by atoms with Crippen LogP contribution < -0.4 is 4.74 Å². The van der Waals surface area contributed by atoms with E-state index in [0.29, 0.717) is 16.9 Å². The van der Waals surface area contributed by atoms with Gasteiger partial charge in [-0.2, -0.15) is 0 Å². The predicted molar refractivity (Wildman–Crippen MR) is 69.2 cm³/mol. The molecule has 2 rings (SSSR count). The van der Waals surface area contributed by atoms with Crippen molar-refractivity contribution in [1.29, 1.82) is 0 Å². The van der Waals surface area contributed by atoms with Gasteiger partial charge in [-0.3, -0.25) is 9.59 Å². The zero-order valence-corrected chi connectivity index (χ0v) is 9.92. The Bertz CT molecular complexity index is 588. The summed E-state index contributed by atoms with van der Waals surface area (Å²) in [6, 6.07) is 12.6. The Morgan fingerprint density at radius 1 is 0.944 bits per heavy atom. The first-order chi connectivity index (χ1) is 8.78. The van der Waals surface area contributed by atoms with Crippen LogP contribution in [0.15, 0.2) is 42.5 Å². The Hall–Kier alpha value is -2.42. The molecule has 0 amide bonds. The molecule has 2 aromatic rings.